The SMILES string of the molecule is CCOc1cc(/C=C2/N=C(c3ccc(OC)cc3)OC2=O)cc(Cl)c1OC(C)=O. The zero-order valence-corrected chi connectivity index (χ0v) is 16.8. The molecule has 150 valence electrons. The van der Waals surface area contributed by atoms with E-state index in [1.807, 2.05) is 0 Å². The van der Waals surface area contributed by atoms with Gasteiger partial charge in [-0.15, -0.1) is 0 Å². The molecule has 0 bridgehead atoms. The molecule has 0 N–H and O–H groups in total. The molecule has 0 aliphatic carbocycles. The molecule has 0 saturated carbocycles. The summed E-state index contributed by atoms with van der Waals surface area (Å²) in [4.78, 5) is 27.8. The summed E-state index contributed by atoms with van der Waals surface area (Å²) in [5, 5.41) is 0.170. The molecule has 0 radical (unpaired) electrons. The molecule has 1 heterocycles. The second-order valence-electron chi connectivity index (χ2n) is 5.92. The lowest BCUT2D eigenvalue weighted by Crippen LogP contribution is -2.05. The number of aliphatic imine (C=N–C) groups is 1. The number of hydrogen-bond acceptors (Lipinski definition) is 7. The van der Waals surface area contributed by atoms with Crippen molar-refractivity contribution in [2.24, 2.45) is 4.99 Å². The van der Waals surface area contributed by atoms with E-state index in [1.54, 1.807) is 50.4 Å². The van der Waals surface area contributed by atoms with Gasteiger partial charge in [-0.25, -0.2) is 9.79 Å². The summed E-state index contributed by atoms with van der Waals surface area (Å²) < 4.78 is 21.0. The van der Waals surface area contributed by atoms with Crippen molar-refractivity contribution in [3.63, 3.8) is 0 Å². The number of halogens is 1. The first-order valence-electron chi connectivity index (χ1n) is 8.73. The maximum absolute atomic E-state index is 12.2. The van der Waals surface area contributed by atoms with Crippen LogP contribution in [-0.2, 0) is 14.3 Å². The van der Waals surface area contributed by atoms with Gasteiger partial charge in [0.2, 0.25) is 5.90 Å². The van der Waals surface area contributed by atoms with E-state index in [0.717, 1.165) is 0 Å². The number of cyclic esters (lactones) is 1. The van der Waals surface area contributed by atoms with E-state index in [-0.39, 0.29) is 28.1 Å². The van der Waals surface area contributed by atoms with E-state index in [1.165, 1.54) is 13.0 Å². The van der Waals surface area contributed by atoms with E-state index in [9.17, 15) is 9.59 Å². The van der Waals surface area contributed by atoms with E-state index in [0.29, 0.717) is 23.5 Å². The Balaban J connectivity index is 1.94. The first-order valence-corrected chi connectivity index (χ1v) is 9.10. The van der Waals surface area contributed by atoms with Crippen LogP contribution in [0.4, 0.5) is 0 Å². The molecule has 2 aromatic rings. The largest absolute Gasteiger partial charge is 0.497 e. The van der Waals surface area contributed by atoms with Crippen LogP contribution < -0.4 is 14.2 Å². The highest BCUT2D eigenvalue weighted by atomic mass is 35.5. The van der Waals surface area contributed by atoms with Gasteiger partial charge in [0, 0.05) is 12.5 Å². The van der Waals surface area contributed by atoms with Gasteiger partial charge in [-0.1, -0.05) is 11.6 Å². The zero-order chi connectivity index (χ0) is 21.0. The fourth-order valence-electron chi connectivity index (χ4n) is 2.60. The Kier molecular flexibility index (Phi) is 6.19. The van der Waals surface area contributed by atoms with Crippen molar-refractivity contribution in [2.75, 3.05) is 13.7 Å². The highest BCUT2D eigenvalue weighted by Gasteiger charge is 2.24. The topological polar surface area (TPSA) is 83.4 Å². The second-order valence-corrected chi connectivity index (χ2v) is 6.33. The highest BCUT2D eigenvalue weighted by Crippen LogP contribution is 2.37. The predicted octanol–water partition coefficient (Wildman–Crippen LogP) is 4.02. The number of benzene rings is 2. The first kappa shape index (κ1) is 20.4. The number of hydrogen-bond donors (Lipinski definition) is 0. The lowest BCUT2D eigenvalue weighted by atomic mass is 10.1. The quantitative estimate of drug-likeness (QED) is 0.402. The Hall–Kier alpha value is -3.32. The summed E-state index contributed by atoms with van der Waals surface area (Å²) >= 11 is 6.24. The molecule has 0 spiro atoms. The number of nitrogens with zero attached hydrogens (tertiary/aromatic N) is 1. The molecule has 0 amide bonds. The molecule has 0 unspecified atom stereocenters. The fourth-order valence-corrected chi connectivity index (χ4v) is 2.86. The first-order chi connectivity index (χ1) is 13.9. The molecular weight excluding hydrogens is 398 g/mol. The standard InChI is InChI=1S/C21H18ClNO6/c1-4-27-18-11-13(9-16(22)19(18)28-12(2)24)10-17-21(25)29-20(23-17)14-5-7-15(26-3)8-6-14/h5-11H,4H2,1-3H3/b17-10+. The third kappa shape index (κ3) is 4.75. The monoisotopic (exact) mass is 415 g/mol. The van der Waals surface area contributed by atoms with Crippen LogP contribution >= 0.6 is 11.6 Å². The maximum atomic E-state index is 12.2. The molecule has 0 aromatic heterocycles. The molecule has 29 heavy (non-hydrogen) atoms. The van der Waals surface area contributed by atoms with Crippen LogP contribution in [0.3, 0.4) is 0 Å². The summed E-state index contributed by atoms with van der Waals surface area (Å²) in [6.45, 7) is 3.40. The van der Waals surface area contributed by atoms with Crippen LogP contribution in [0.5, 0.6) is 17.2 Å². The average molecular weight is 416 g/mol. The molecule has 0 atom stereocenters. The van der Waals surface area contributed by atoms with E-state index in [2.05, 4.69) is 4.99 Å². The van der Waals surface area contributed by atoms with Gasteiger partial charge in [0.15, 0.2) is 17.2 Å². The van der Waals surface area contributed by atoms with E-state index >= 15 is 0 Å². The number of esters is 2. The zero-order valence-electron chi connectivity index (χ0n) is 16.0. The fraction of sp³-hybridized carbons (Fsp3) is 0.190. The van der Waals surface area contributed by atoms with Crippen LogP contribution in [-0.4, -0.2) is 31.6 Å². The van der Waals surface area contributed by atoms with Crippen LogP contribution in [0.1, 0.15) is 25.0 Å². The molecule has 2 aromatic carbocycles. The molecule has 3 rings (SSSR count). The molecule has 8 heteroatoms. The van der Waals surface area contributed by atoms with Crippen LogP contribution in [0.15, 0.2) is 47.1 Å². The van der Waals surface area contributed by atoms with Gasteiger partial charge in [-0.05, 0) is 55.0 Å². The van der Waals surface area contributed by atoms with Crippen molar-refractivity contribution in [3.8, 4) is 17.2 Å². The Bertz CT molecular complexity index is 1010. The minimum Gasteiger partial charge on any atom is -0.497 e. The average Bonchev–Trinajstić information content (AvgIpc) is 3.05. The minimum absolute atomic E-state index is 0.106. The summed E-state index contributed by atoms with van der Waals surface area (Å²) in [6.07, 6.45) is 1.52. The van der Waals surface area contributed by atoms with Crippen LogP contribution in [0.2, 0.25) is 5.02 Å². The molecular formula is C21H18ClNO6. The molecule has 7 nitrogen and oxygen atoms in total. The molecule has 0 fully saturated rings. The van der Waals surface area contributed by atoms with Gasteiger partial charge < -0.3 is 18.9 Å². The number of rotatable bonds is 6. The third-order valence-corrected chi connectivity index (χ3v) is 4.12. The lowest BCUT2D eigenvalue weighted by molar-refractivity contribution is -0.132. The lowest BCUT2D eigenvalue weighted by Gasteiger charge is -2.12. The molecule has 1 aliphatic rings. The number of carbonyl (C=O) groups excluding carboxylic acids is 2. The Morgan fingerprint density at radius 3 is 2.59 bits per heavy atom. The highest BCUT2D eigenvalue weighted by molar-refractivity contribution is 6.32. The Labute approximate surface area is 172 Å². The maximum Gasteiger partial charge on any atom is 0.363 e. The number of ether oxygens (including phenoxy) is 4. The van der Waals surface area contributed by atoms with Gasteiger partial charge in [0.05, 0.1) is 18.7 Å². The van der Waals surface area contributed by atoms with Crippen molar-refractivity contribution in [1.82, 2.24) is 0 Å². The number of methoxy groups -OCH3 is 1. The van der Waals surface area contributed by atoms with Crippen molar-refractivity contribution in [2.45, 2.75) is 13.8 Å². The Morgan fingerprint density at radius 2 is 1.97 bits per heavy atom. The second kappa shape index (κ2) is 8.79. The van der Waals surface area contributed by atoms with Gasteiger partial charge in [-0.3, -0.25) is 4.79 Å². The van der Waals surface area contributed by atoms with Crippen molar-refractivity contribution < 1.29 is 28.5 Å². The number of carbonyl (C=O) groups is 2. The summed E-state index contributed by atoms with van der Waals surface area (Å²) in [5.41, 5.74) is 1.29. The van der Waals surface area contributed by atoms with Crippen molar-refractivity contribution >= 4 is 35.5 Å². The minimum atomic E-state index is -0.589. The van der Waals surface area contributed by atoms with E-state index < -0.39 is 11.9 Å². The van der Waals surface area contributed by atoms with Crippen molar-refractivity contribution in [3.05, 3.63) is 58.2 Å². The summed E-state index contributed by atoms with van der Waals surface area (Å²) in [6, 6.07) is 10.1. The van der Waals surface area contributed by atoms with Gasteiger partial charge in [0.25, 0.3) is 0 Å². The third-order valence-electron chi connectivity index (χ3n) is 3.84. The predicted molar refractivity (Wildman–Crippen MR) is 108 cm³/mol. The van der Waals surface area contributed by atoms with E-state index in [4.69, 9.17) is 30.5 Å². The summed E-state index contributed by atoms with van der Waals surface area (Å²) in [7, 11) is 1.57. The van der Waals surface area contributed by atoms with Crippen LogP contribution in [0, 0.1) is 0 Å². The molecule has 1 aliphatic heterocycles. The molecule has 0 saturated heterocycles. The van der Waals surface area contributed by atoms with Gasteiger partial charge in [0.1, 0.15) is 5.75 Å². The smallest absolute Gasteiger partial charge is 0.363 e. The van der Waals surface area contributed by atoms with Crippen LogP contribution in [0.25, 0.3) is 6.08 Å². The van der Waals surface area contributed by atoms with Gasteiger partial charge in [-0.2, -0.15) is 0 Å². The normalized spacial score (nSPS) is 14.4. The Morgan fingerprint density at radius 1 is 1.24 bits per heavy atom. The van der Waals surface area contributed by atoms with Crippen molar-refractivity contribution in [1.29, 1.82) is 0 Å². The summed E-state index contributed by atoms with van der Waals surface area (Å²) in [5.74, 6) is 0.172. The van der Waals surface area contributed by atoms with Gasteiger partial charge >= 0.3 is 11.9 Å².